The number of nitrogens with zero attached hydrogens (tertiary/aromatic N) is 14. The molecule has 6 aliphatic heterocycles. The Hall–Kier alpha value is -11.4. The van der Waals surface area contributed by atoms with E-state index in [1.807, 2.05) is 77.0 Å². The third-order valence-electron chi connectivity index (χ3n) is 26.9. The number of amides is 4. The number of carbonyl (C=O) groups is 8. The Kier molecular flexibility index (Phi) is 35.3. The lowest BCUT2D eigenvalue weighted by Crippen LogP contribution is -2.54. The molecule has 37 nitrogen and oxygen atoms in total. The number of nitrogen functional groups attached to an aromatic ring is 2. The molecule has 7 aliphatic rings. The zero-order chi connectivity index (χ0) is 95.2. The molecule has 14 rings (SSSR count). The molecule has 2 bridgehead atoms. The fraction of sp³-hybridized carbons (Fsp3) is 0.571. The summed E-state index contributed by atoms with van der Waals surface area (Å²) in [7, 11) is 3.19. The number of allylic oxidation sites excluding steroid dienone is 6. The minimum Gasteiger partial charge on any atom is -0.460 e. The minimum atomic E-state index is -1.74. The van der Waals surface area contributed by atoms with E-state index in [2.05, 4.69) is 58.3 Å². The number of cyclic esters (lactones) is 1. The highest BCUT2D eigenvalue weighted by atomic mass is 16.6. The second-order valence-electron chi connectivity index (χ2n) is 36.5. The van der Waals surface area contributed by atoms with E-state index in [1.54, 1.807) is 52.3 Å². The van der Waals surface area contributed by atoms with Gasteiger partial charge < -0.3 is 99.1 Å². The van der Waals surface area contributed by atoms with Crippen LogP contribution in [0, 0.1) is 23.7 Å². The summed E-state index contributed by atoms with van der Waals surface area (Å²) in [5, 5.41) is 32.0. The van der Waals surface area contributed by atoms with Crippen LogP contribution in [0.5, 0.6) is 0 Å². The van der Waals surface area contributed by atoms with Crippen LogP contribution in [0.1, 0.15) is 169 Å². The maximum absolute atomic E-state index is 14.6. The van der Waals surface area contributed by atoms with Crippen molar-refractivity contribution in [2.75, 3.05) is 141 Å². The monoisotopic (exact) mass is 1860 g/mol. The number of aliphatic hydroxyl groups excluding tert-OH is 2. The van der Waals surface area contributed by atoms with Crippen LogP contribution in [-0.2, 0) is 104 Å². The fourth-order valence-corrected chi connectivity index (χ4v) is 19.0. The van der Waals surface area contributed by atoms with Gasteiger partial charge in [0.25, 0.3) is 11.8 Å². The highest BCUT2D eigenvalue weighted by Crippen LogP contribution is 2.38. The van der Waals surface area contributed by atoms with Crippen LogP contribution in [0.25, 0.3) is 33.3 Å². The lowest BCUT2D eigenvalue weighted by Gasteiger charge is -2.37. The van der Waals surface area contributed by atoms with Gasteiger partial charge in [0, 0.05) is 146 Å². The number of piperidine rings is 1. The highest BCUT2D eigenvalue weighted by Gasteiger charge is 2.43. The maximum atomic E-state index is 14.6. The van der Waals surface area contributed by atoms with Crippen LogP contribution in [0.4, 0.5) is 28.3 Å². The first-order valence-electron chi connectivity index (χ1n) is 47.5. The number of pyridine rings is 1. The van der Waals surface area contributed by atoms with Crippen LogP contribution in [0.2, 0.25) is 0 Å². The predicted octanol–water partition coefficient (Wildman–Crippen LogP) is 8.49. The van der Waals surface area contributed by atoms with Gasteiger partial charge in [-0.05, 0) is 149 Å². The molecule has 726 valence electrons. The van der Waals surface area contributed by atoms with Crippen LogP contribution in [-0.4, -0.2) is 296 Å². The number of nitrogens with one attached hydrogen (secondary N) is 2. The average molecular weight is 1860 g/mol. The number of nitrogens with two attached hydrogens (primary N) is 2. The van der Waals surface area contributed by atoms with Crippen molar-refractivity contribution in [1.82, 2.24) is 69.7 Å². The Morgan fingerprint density at radius 2 is 1.41 bits per heavy atom. The SMILES string of the molecule is CO[C@H]1CC2CCCC(O2)C(=O)C(=O)N2CCCC[C@H]2C(=O)O[C@H](CC[C@@H]2CC[C@@H](OC(=O)N3CCc4nc(N5CCN(c6ncc(C(=O)NCCOCCOCCOCCOCCC(=O)N7CCc8cc(Cn9nc(-c%10cnc%11[nH]ccc%11c%10)c%10c(N)ncnc%109)ccc8C7)c(N)n6)CC5)ncc4C3)[C@H](OC)C2)CC(=O)[C@H](C)/C=C(\C)[C@@H](O)[C@@H](O)C(=O)[C@H](C)C[C@H](C)/C=C/C=CC=C1C. The first-order chi connectivity index (χ1) is 65.3. The molecule has 37 heteroatoms. The van der Waals surface area contributed by atoms with Crippen LogP contribution < -0.4 is 26.6 Å². The van der Waals surface area contributed by atoms with Crippen LogP contribution in [0.15, 0.2) is 109 Å². The van der Waals surface area contributed by atoms with Crippen molar-refractivity contribution in [2.45, 2.75) is 218 Å². The molecule has 6 aromatic heterocycles. The van der Waals surface area contributed by atoms with E-state index in [4.69, 9.17) is 69.2 Å². The Labute approximate surface area is 786 Å². The van der Waals surface area contributed by atoms with Gasteiger partial charge in [-0.25, -0.2) is 44.2 Å². The van der Waals surface area contributed by atoms with E-state index >= 15 is 0 Å². The van der Waals surface area contributed by atoms with Crippen molar-refractivity contribution in [3.8, 4) is 11.3 Å². The van der Waals surface area contributed by atoms with Crippen molar-refractivity contribution in [1.29, 1.82) is 0 Å². The first kappa shape index (κ1) is 99.5. The largest absolute Gasteiger partial charge is 0.460 e. The Balaban J connectivity index is 0.470. The molecule has 8 N–H and O–H groups in total. The number of carbonyl (C=O) groups excluding carboxylic acids is 8. The molecule has 0 radical (unpaired) electrons. The molecule has 0 spiro atoms. The number of fused-ring (bicyclic) bond motifs is 7. The third kappa shape index (κ3) is 26.0. The number of rotatable bonds is 27. The molecule has 1 aliphatic carbocycles. The Morgan fingerprint density at radius 3 is 2.17 bits per heavy atom. The van der Waals surface area contributed by atoms with Gasteiger partial charge in [-0.15, -0.1) is 0 Å². The molecule has 3 saturated heterocycles. The fourth-order valence-electron chi connectivity index (χ4n) is 19.0. The second kappa shape index (κ2) is 47.9. The van der Waals surface area contributed by atoms with E-state index in [0.717, 1.165) is 51.0 Å². The number of Topliss-reactive ketones (excluding diaryl/α,β-unsaturated/α-hetero) is 3. The number of aromatic nitrogens is 10. The van der Waals surface area contributed by atoms with Gasteiger partial charge in [0.2, 0.25) is 23.6 Å². The number of hydrogen-bond donors (Lipinski definition) is 6. The molecule has 2 unspecified atom stereocenters. The molecule has 13 atom stereocenters. The molecular formula is C98H130N18O19. The highest BCUT2D eigenvalue weighted by molar-refractivity contribution is 6.38. The van der Waals surface area contributed by atoms with Gasteiger partial charge >= 0.3 is 12.1 Å². The number of piperazine rings is 1. The number of ether oxygens (including phenoxy) is 9. The van der Waals surface area contributed by atoms with Crippen molar-refractivity contribution in [3.05, 3.63) is 143 Å². The zero-order valence-electron chi connectivity index (χ0n) is 78.4. The van der Waals surface area contributed by atoms with E-state index in [9.17, 15) is 48.6 Å². The summed E-state index contributed by atoms with van der Waals surface area (Å²) in [5.74, 6) is -3.66. The molecule has 12 heterocycles. The second-order valence-corrected chi connectivity index (χ2v) is 36.5. The van der Waals surface area contributed by atoms with Gasteiger partial charge in [-0.1, -0.05) is 75.4 Å². The summed E-state index contributed by atoms with van der Waals surface area (Å²) >= 11 is 0. The number of benzene rings is 1. The number of anilines is 4. The number of aromatic amines is 1. The van der Waals surface area contributed by atoms with Gasteiger partial charge in [0.15, 0.2) is 11.4 Å². The maximum Gasteiger partial charge on any atom is 0.410 e. The lowest BCUT2D eigenvalue weighted by atomic mass is 9.81. The lowest BCUT2D eigenvalue weighted by molar-refractivity contribution is -0.167. The standard InChI is InChI=1S/C98H130N18O19/c1-60-14-9-8-10-15-61(2)80(127-6)52-72-16-13-18-79(133-72)87(121)94(124)115-31-12-11-17-76(115)95(125)134-73(51-77(117)62(3)47-64(5)86(120)88(122)85(119)63(4)46-60)23-20-65-21-24-78(81(49-65)128-7)135-98(126)114-33-27-75-71(58-114)54-104-96(108-75)111-34-36-112(37-35-111)97-105-55-74(89(99)109-97)93(123)102-30-39-130-41-43-132-45-44-131-42-40-129-38-28-82(118)113-32-26-67-48-66(19-22-69(67)57-113)56-116-92-83(90(100)106-59-107-92)84(110-116)70-50-68-25-29-101-91(68)103-53-70/h8-10,14-15,19,22,25,29,47-48,50,53-55,59-60,62-63,65,72-73,76,78-81,86,88,120,122H,11-13,16-18,20-21,23-24,26-28,30-46,49,51-52,56-58H2,1-7H3,(H,101,103)(H,102,123)(H2,99,105,109)(H2,100,106,107)/b10-8?,14-9+,61-15?,64-47+/t60-,62-,63-,65-,72?,73-,76+,78-,79?,80+,81-,86-,88+/m1/s1. The van der Waals surface area contributed by atoms with Crippen LogP contribution >= 0.6 is 0 Å². The van der Waals surface area contributed by atoms with E-state index in [-0.39, 0.29) is 111 Å². The molecule has 1 aromatic carbocycles. The topological polar surface area (TPSA) is 464 Å². The van der Waals surface area contributed by atoms with Crippen molar-refractivity contribution in [2.24, 2.45) is 23.7 Å². The number of ketones is 3. The van der Waals surface area contributed by atoms with Gasteiger partial charge in [-0.3, -0.25) is 28.8 Å². The zero-order valence-corrected chi connectivity index (χ0v) is 78.4. The summed E-state index contributed by atoms with van der Waals surface area (Å²) in [6.07, 6.45) is 19.3. The number of aliphatic hydroxyl groups is 2. The minimum absolute atomic E-state index is 0.00263. The molecule has 135 heavy (non-hydrogen) atoms. The molecule has 4 fully saturated rings. The summed E-state index contributed by atoms with van der Waals surface area (Å²) in [5.41, 5.74) is 21.9. The molecular weight excluding hydrogens is 1730 g/mol. The number of esters is 1. The van der Waals surface area contributed by atoms with Crippen molar-refractivity contribution >= 4 is 92.7 Å². The summed E-state index contributed by atoms with van der Waals surface area (Å²) in [6.45, 7) is 16.1. The van der Waals surface area contributed by atoms with E-state index in [0.29, 0.717) is 203 Å². The molecule has 4 amide bonds. The van der Waals surface area contributed by atoms with Gasteiger partial charge in [0.1, 0.15) is 71.6 Å². The van der Waals surface area contributed by atoms with Gasteiger partial charge in [-0.2, -0.15) is 10.1 Å². The van der Waals surface area contributed by atoms with Crippen molar-refractivity contribution < 1.29 is 91.2 Å². The van der Waals surface area contributed by atoms with Crippen LogP contribution in [0.3, 0.4) is 0 Å². The quantitative estimate of drug-likeness (QED) is 0.0122. The van der Waals surface area contributed by atoms with Gasteiger partial charge in [0.05, 0.1) is 107 Å². The molecule has 1 saturated carbocycles. The average Bonchev–Trinajstić information content (AvgIpc) is 1.62. The first-order valence-corrected chi connectivity index (χ1v) is 47.5. The van der Waals surface area contributed by atoms with E-state index < -0.39 is 89.9 Å². The Bertz CT molecular complexity index is 5420. The number of hydrogen-bond acceptors (Lipinski definition) is 31. The molecule has 7 aromatic rings. The van der Waals surface area contributed by atoms with E-state index in [1.165, 1.54) is 29.1 Å². The number of H-pyrrole nitrogens is 1. The normalized spacial score (nSPS) is 25.3. The van der Waals surface area contributed by atoms with Crippen molar-refractivity contribution in [3.63, 3.8) is 0 Å². The summed E-state index contributed by atoms with van der Waals surface area (Å²) in [6, 6.07) is 9.23. The summed E-state index contributed by atoms with van der Waals surface area (Å²) in [4.78, 5) is 156. The number of methoxy groups -OCH3 is 2. The smallest absolute Gasteiger partial charge is 0.410 e. The summed E-state index contributed by atoms with van der Waals surface area (Å²) < 4.78 is 55.4. The third-order valence-corrected chi connectivity index (χ3v) is 26.9. The Morgan fingerprint density at radius 1 is 0.667 bits per heavy atom. The predicted molar refractivity (Wildman–Crippen MR) is 501 cm³/mol.